The van der Waals surface area contributed by atoms with Gasteiger partial charge in [0.25, 0.3) is 0 Å². The van der Waals surface area contributed by atoms with E-state index in [0.717, 1.165) is 51.6 Å². The quantitative estimate of drug-likeness (QED) is 0.821. The number of carboxylic acids is 1. The van der Waals surface area contributed by atoms with Gasteiger partial charge in [0.1, 0.15) is 0 Å². The Kier molecular flexibility index (Phi) is 4.32. The molecule has 1 aliphatic carbocycles. The number of carbonyl (C=O) groups excluding carboxylic acids is 1. The van der Waals surface area contributed by atoms with Crippen LogP contribution < -0.4 is 5.32 Å². The van der Waals surface area contributed by atoms with Crippen LogP contribution in [0.3, 0.4) is 0 Å². The summed E-state index contributed by atoms with van der Waals surface area (Å²) in [6, 6.07) is -0.0703. The van der Waals surface area contributed by atoms with Crippen LogP contribution in [-0.4, -0.2) is 40.6 Å². The van der Waals surface area contributed by atoms with Gasteiger partial charge in [-0.2, -0.15) is 0 Å². The van der Waals surface area contributed by atoms with Gasteiger partial charge in [-0.3, -0.25) is 4.79 Å². The average molecular weight is 268 g/mol. The molecule has 0 aromatic heterocycles. The molecule has 2 rings (SSSR count). The maximum Gasteiger partial charge on any atom is 0.317 e. The summed E-state index contributed by atoms with van der Waals surface area (Å²) in [7, 11) is 0. The summed E-state index contributed by atoms with van der Waals surface area (Å²) >= 11 is 0. The Bertz CT molecular complexity index is 351. The number of hydrogen-bond donors (Lipinski definition) is 2. The second-order valence-corrected chi connectivity index (χ2v) is 6.00. The summed E-state index contributed by atoms with van der Waals surface area (Å²) in [5, 5.41) is 12.0. The van der Waals surface area contributed by atoms with E-state index in [9.17, 15) is 9.59 Å². The van der Waals surface area contributed by atoms with E-state index in [0.29, 0.717) is 5.92 Å². The number of nitrogens with one attached hydrogen (secondary N) is 1. The molecule has 0 spiro atoms. The lowest BCUT2D eigenvalue weighted by Crippen LogP contribution is -2.52. The number of urea groups is 1. The number of nitrogens with zero attached hydrogens (tertiary/aromatic N) is 1. The maximum absolute atomic E-state index is 12.3. The lowest BCUT2D eigenvalue weighted by atomic mass is 9.93. The van der Waals surface area contributed by atoms with Gasteiger partial charge in [0.2, 0.25) is 0 Å². The molecule has 1 atom stereocenters. The van der Waals surface area contributed by atoms with Crippen LogP contribution in [0.4, 0.5) is 4.79 Å². The van der Waals surface area contributed by atoms with Crippen molar-refractivity contribution in [1.82, 2.24) is 10.2 Å². The number of carbonyl (C=O) groups is 2. The summed E-state index contributed by atoms with van der Waals surface area (Å²) in [4.78, 5) is 25.1. The fourth-order valence-corrected chi connectivity index (χ4v) is 3.34. The van der Waals surface area contributed by atoms with E-state index in [4.69, 9.17) is 5.11 Å². The second-order valence-electron chi connectivity index (χ2n) is 6.00. The lowest BCUT2D eigenvalue weighted by Gasteiger charge is -2.31. The van der Waals surface area contributed by atoms with Gasteiger partial charge < -0.3 is 15.3 Å². The molecule has 2 amide bonds. The second kappa shape index (κ2) is 5.80. The van der Waals surface area contributed by atoms with Crippen LogP contribution >= 0.6 is 0 Å². The van der Waals surface area contributed by atoms with E-state index >= 15 is 0 Å². The van der Waals surface area contributed by atoms with Gasteiger partial charge in [0.15, 0.2) is 0 Å². The molecule has 1 unspecified atom stereocenters. The Morgan fingerprint density at radius 1 is 1.37 bits per heavy atom. The largest absolute Gasteiger partial charge is 0.481 e. The monoisotopic (exact) mass is 268 g/mol. The third kappa shape index (κ3) is 3.39. The number of hydrogen-bond acceptors (Lipinski definition) is 2. The Balaban J connectivity index is 1.94. The van der Waals surface area contributed by atoms with Crippen LogP contribution in [0, 0.1) is 5.92 Å². The minimum atomic E-state index is -0.824. The van der Waals surface area contributed by atoms with Crippen molar-refractivity contribution in [1.29, 1.82) is 0 Å². The Labute approximate surface area is 114 Å². The highest BCUT2D eigenvalue weighted by molar-refractivity contribution is 5.77. The van der Waals surface area contributed by atoms with Crippen molar-refractivity contribution in [2.24, 2.45) is 5.92 Å². The Morgan fingerprint density at radius 2 is 2.05 bits per heavy atom. The summed E-state index contributed by atoms with van der Waals surface area (Å²) in [5.41, 5.74) is -0.507. The van der Waals surface area contributed by atoms with Gasteiger partial charge in [0, 0.05) is 13.1 Å². The zero-order valence-electron chi connectivity index (χ0n) is 11.7. The fourth-order valence-electron chi connectivity index (χ4n) is 3.34. The summed E-state index contributed by atoms with van der Waals surface area (Å²) in [6.07, 6.45) is 5.80. The SMILES string of the molecule is CCC1CCN(C(=O)NC2(CC(=O)O)CCCC2)C1. The Hall–Kier alpha value is -1.26. The van der Waals surface area contributed by atoms with Gasteiger partial charge >= 0.3 is 12.0 Å². The van der Waals surface area contributed by atoms with Crippen molar-refractivity contribution < 1.29 is 14.7 Å². The van der Waals surface area contributed by atoms with Crippen molar-refractivity contribution in [2.45, 2.75) is 57.4 Å². The first-order valence-corrected chi connectivity index (χ1v) is 7.33. The van der Waals surface area contributed by atoms with Crippen molar-refractivity contribution in [3.63, 3.8) is 0 Å². The Morgan fingerprint density at radius 3 is 2.58 bits per heavy atom. The van der Waals surface area contributed by atoms with E-state index in [1.54, 1.807) is 0 Å². The van der Waals surface area contributed by atoms with Crippen LogP contribution in [0.2, 0.25) is 0 Å². The predicted molar refractivity (Wildman–Crippen MR) is 72.0 cm³/mol. The van der Waals surface area contributed by atoms with Gasteiger partial charge in [-0.25, -0.2) is 4.79 Å². The van der Waals surface area contributed by atoms with E-state index in [-0.39, 0.29) is 12.5 Å². The van der Waals surface area contributed by atoms with Crippen LogP contribution in [0.1, 0.15) is 51.9 Å². The molecule has 1 saturated heterocycles. The van der Waals surface area contributed by atoms with Crippen molar-refractivity contribution in [3.05, 3.63) is 0 Å². The normalized spacial score (nSPS) is 25.5. The first kappa shape index (κ1) is 14.2. The number of carboxylic acid groups (broad SMARTS) is 1. The molecule has 5 nitrogen and oxygen atoms in total. The third-order valence-corrected chi connectivity index (χ3v) is 4.57. The molecule has 0 radical (unpaired) electrons. The molecule has 2 N–H and O–H groups in total. The van der Waals surface area contributed by atoms with E-state index in [1.807, 2.05) is 4.90 Å². The minimum Gasteiger partial charge on any atom is -0.481 e. The molecule has 108 valence electrons. The third-order valence-electron chi connectivity index (χ3n) is 4.57. The first-order chi connectivity index (χ1) is 9.04. The van der Waals surface area contributed by atoms with Crippen molar-refractivity contribution in [3.8, 4) is 0 Å². The van der Waals surface area contributed by atoms with Gasteiger partial charge in [-0.15, -0.1) is 0 Å². The zero-order valence-corrected chi connectivity index (χ0v) is 11.7. The topological polar surface area (TPSA) is 69.6 Å². The van der Waals surface area contributed by atoms with Crippen LogP contribution in [0.25, 0.3) is 0 Å². The molecular weight excluding hydrogens is 244 g/mol. The van der Waals surface area contributed by atoms with Crippen LogP contribution in [-0.2, 0) is 4.79 Å². The highest BCUT2D eigenvalue weighted by Crippen LogP contribution is 2.33. The van der Waals surface area contributed by atoms with Crippen molar-refractivity contribution >= 4 is 12.0 Å². The number of rotatable bonds is 4. The van der Waals surface area contributed by atoms with Crippen molar-refractivity contribution in [2.75, 3.05) is 13.1 Å². The fraction of sp³-hybridized carbons (Fsp3) is 0.857. The molecule has 1 heterocycles. The molecule has 0 aromatic carbocycles. The van der Waals surface area contributed by atoms with E-state index < -0.39 is 11.5 Å². The molecule has 0 aromatic rings. The smallest absolute Gasteiger partial charge is 0.317 e. The van der Waals surface area contributed by atoms with Crippen LogP contribution in [0.5, 0.6) is 0 Å². The minimum absolute atomic E-state index is 0.0454. The molecule has 5 heteroatoms. The number of amides is 2. The molecule has 1 saturated carbocycles. The van der Waals surface area contributed by atoms with Gasteiger partial charge in [-0.05, 0) is 25.2 Å². The highest BCUT2D eigenvalue weighted by atomic mass is 16.4. The summed E-state index contributed by atoms with van der Waals surface area (Å²) in [6.45, 7) is 3.76. The lowest BCUT2D eigenvalue weighted by molar-refractivity contribution is -0.138. The molecule has 19 heavy (non-hydrogen) atoms. The molecular formula is C14H24N2O3. The average Bonchev–Trinajstić information content (AvgIpc) is 2.97. The zero-order chi connectivity index (χ0) is 13.9. The van der Waals surface area contributed by atoms with E-state index in [2.05, 4.69) is 12.2 Å². The number of aliphatic carboxylic acids is 1. The van der Waals surface area contributed by atoms with Gasteiger partial charge in [0.05, 0.1) is 12.0 Å². The molecule has 2 fully saturated rings. The standard InChI is InChI=1S/C14H24N2O3/c1-2-11-5-8-16(10-11)13(19)15-14(9-12(17)18)6-3-4-7-14/h11H,2-10H2,1H3,(H,15,19)(H,17,18). The van der Waals surface area contributed by atoms with E-state index in [1.165, 1.54) is 0 Å². The highest BCUT2D eigenvalue weighted by Gasteiger charge is 2.39. The summed E-state index contributed by atoms with van der Waals surface area (Å²) in [5.74, 6) is -0.222. The summed E-state index contributed by atoms with van der Waals surface area (Å²) < 4.78 is 0. The number of likely N-dealkylation sites (tertiary alicyclic amines) is 1. The molecule has 1 aliphatic heterocycles. The molecule has 2 aliphatic rings. The maximum atomic E-state index is 12.3. The van der Waals surface area contributed by atoms with Crippen LogP contribution in [0.15, 0.2) is 0 Å². The first-order valence-electron chi connectivity index (χ1n) is 7.33. The molecule has 0 bridgehead atoms. The van der Waals surface area contributed by atoms with Gasteiger partial charge in [-0.1, -0.05) is 26.2 Å². The predicted octanol–water partition coefficient (Wildman–Crippen LogP) is 2.22.